The highest BCUT2D eigenvalue weighted by atomic mass is 16.6. The van der Waals surface area contributed by atoms with Crippen LogP contribution in [0.15, 0.2) is 42.5 Å². The second-order valence-corrected chi connectivity index (χ2v) is 6.73. The number of rotatable bonds is 6. The Balaban J connectivity index is 1.89. The molecule has 2 aromatic carbocycles. The van der Waals surface area contributed by atoms with Gasteiger partial charge in [-0.25, -0.2) is 0 Å². The lowest BCUT2D eigenvalue weighted by Gasteiger charge is -2.13. The molecule has 29 heavy (non-hydrogen) atoms. The standard InChI is InChI=1S/C21H22N4O4/c1-13-11-17(29-4)9-10-19(13)22-21(26)18-8-6-5-7-16(18)12-24-15(3)20(25(27)28)14(2)23-24/h5-11H,12H2,1-4H3,(H,22,26). The fourth-order valence-corrected chi connectivity index (χ4v) is 3.24. The average molecular weight is 394 g/mol. The molecule has 0 saturated carbocycles. The van der Waals surface area contributed by atoms with Gasteiger partial charge in [-0.2, -0.15) is 5.10 Å². The van der Waals surface area contributed by atoms with Crippen LogP contribution >= 0.6 is 0 Å². The van der Waals surface area contributed by atoms with Gasteiger partial charge in [0.05, 0.1) is 18.6 Å². The quantitative estimate of drug-likeness (QED) is 0.503. The largest absolute Gasteiger partial charge is 0.497 e. The van der Waals surface area contributed by atoms with Crippen molar-refractivity contribution in [3.8, 4) is 5.75 Å². The highest BCUT2D eigenvalue weighted by Gasteiger charge is 2.22. The monoisotopic (exact) mass is 394 g/mol. The Morgan fingerprint density at radius 2 is 1.93 bits per heavy atom. The number of carbonyl (C=O) groups excluding carboxylic acids is 1. The highest BCUT2D eigenvalue weighted by Crippen LogP contribution is 2.25. The molecule has 1 aromatic heterocycles. The molecular weight excluding hydrogens is 372 g/mol. The van der Waals surface area contributed by atoms with E-state index in [1.54, 1.807) is 49.9 Å². The molecule has 0 fully saturated rings. The van der Waals surface area contributed by atoms with Crippen molar-refractivity contribution in [1.29, 1.82) is 0 Å². The molecule has 8 nitrogen and oxygen atoms in total. The lowest BCUT2D eigenvalue weighted by molar-refractivity contribution is -0.386. The van der Waals surface area contributed by atoms with Gasteiger partial charge in [0, 0.05) is 11.3 Å². The molecule has 0 bridgehead atoms. The molecule has 0 saturated heterocycles. The van der Waals surface area contributed by atoms with Crippen molar-refractivity contribution in [3.63, 3.8) is 0 Å². The van der Waals surface area contributed by atoms with Crippen molar-refractivity contribution in [3.05, 3.63) is 80.7 Å². The molecule has 0 radical (unpaired) electrons. The molecule has 0 aliphatic heterocycles. The Kier molecular flexibility index (Phi) is 5.63. The van der Waals surface area contributed by atoms with E-state index in [-0.39, 0.29) is 18.1 Å². The van der Waals surface area contributed by atoms with Crippen LogP contribution in [-0.2, 0) is 6.54 Å². The van der Waals surface area contributed by atoms with Crippen LogP contribution in [0.4, 0.5) is 11.4 Å². The number of nitro groups is 1. The summed E-state index contributed by atoms with van der Waals surface area (Å²) in [5.41, 5.74) is 3.57. The molecule has 3 rings (SSSR count). The Morgan fingerprint density at radius 3 is 2.55 bits per heavy atom. The summed E-state index contributed by atoms with van der Waals surface area (Å²) in [6.07, 6.45) is 0. The van der Waals surface area contributed by atoms with E-state index in [0.29, 0.717) is 28.4 Å². The van der Waals surface area contributed by atoms with Gasteiger partial charge < -0.3 is 10.1 Å². The van der Waals surface area contributed by atoms with Crippen molar-refractivity contribution in [2.75, 3.05) is 12.4 Å². The molecule has 0 unspecified atom stereocenters. The molecular formula is C21H22N4O4. The van der Waals surface area contributed by atoms with Crippen molar-refractivity contribution < 1.29 is 14.5 Å². The predicted molar refractivity (Wildman–Crippen MR) is 110 cm³/mol. The van der Waals surface area contributed by atoms with Gasteiger partial charge in [-0.15, -0.1) is 0 Å². The summed E-state index contributed by atoms with van der Waals surface area (Å²) in [7, 11) is 1.59. The number of nitrogens with zero attached hydrogens (tertiary/aromatic N) is 3. The molecule has 3 aromatic rings. The van der Waals surface area contributed by atoms with Crippen molar-refractivity contribution >= 4 is 17.3 Å². The number of hydrogen-bond acceptors (Lipinski definition) is 5. The Morgan fingerprint density at radius 1 is 1.21 bits per heavy atom. The van der Waals surface area contributed by atoms with Crippen molar-refractivity contribution in [2.24, 2.45) is 0 Å². The maximum Gasteiger partial charge on any atom is 0.312 e. The van der Waals surface area contributed by atoms with E-state index < -0.39 is 4.92 Å². The highest BCUT2D eigenvalue weighted by molar-refractivity contribution is 6.05. The van der Waals surface area contributed by atoms with Crippen LogP contribution in [0, 0.1) is 30.9 Å². The van der Waals surface area contributed by atoms with Gasteiger partial charge in [-0.05, 0) is 56.2 Å². The van der Waals surface area contributed by atoms with Gasteiger partial charge >= 0.3 is 5.69 Å². The number of amides is 1. The second kappa shape index (κ2) is 8.14. The number of anilines is 1. The lowest BCUT2D eigenvalue weighted by Crippen LogP contribution is -2.17. The summed E-state index contributed by atoms with van der Waals surface area (Å²) < 4.78 is 6.75. The molecule has 1 heterocycles. The van der Waals surface area contributed by atoms with E-state index in [1.165, 1.54) is 0 Å². The molecule has 1 amide bonds. The zero-order valence-corrected chi connectivity index (χ0v) is 16.7. The number of benzene rings is 2. The minimum absolute atomic E-state index is 0.000732. The van der Waals surface area contributed by atoms with Crippen LogP contribution in [-0.4, -0.2) is 27.7 Å². The topological polar surface area (TPSA) is 99.3 Å². The molecule has 8 heteroatoms. The van der Waals surface area contributed by atoms with Gasteiger partial charge in [0.1, 0.15) is 17.1 Å². The number of hydrogen-bond donors (Lipinski definition) is 1. The normalized spacial score (nSPS) is 10.6. The minimum atomic E-state index is -0.431. The second-order valence-electron chi connectivity index (χ2n) is 6.73. The summed E-state index contributed by atoms with van der Waals surface area (Å²) in [6.45, 7) is 5.40. The van der Waals surface area contributed by atoms with E-state index in [2.05, 4.69) is 10.4 Å². The number of nitrogens with one attached hydrogen (secondary N) is 1. The molecule has 0 aliphatic rings. The zero-order chi connectivity index (χ0) is 21.1. The van der Waals surface area contributed by atoms with Crippen LogP contribution in [0.3, 0.4) is 0 Å². The predicted octanol–water partition coefficient (Wildman–Crippen LogP) is 4.03. The number of methoxy groups -OCH3 is 1. The molecule has 0 atom stereocenters. The SMILES string of the molecule is COc1ccc(NC(=O)c2ccccc2Cn2nc(C)c([N+](=O)[O-])c2C)c(C)c1. The van der Waals surface area contributed by atoms with Gasteiger partial charge in [-0.1, -0.05) is 18.2 Å². The molecule has 150 valence electrons. The molecule has 0 spiro atoms. The summed E-state index contributed by atoms with van der Waals surface area (Å²) in [5.74, 6) is 0.455. The van der Waals surface area contributed by atoms with Crippen LogP contribution in [0.25, 0.3) is 0 Å². The Bertz CT molecular complexity index is 1090. The maximum atomic E-state index is 12.9. The number of aryl methyl sites for hydroxylation is 2. The van der Waals surface area contributed by atoms with Crippen LogP contribution < -0.4 is 10.1 Å². The smallest absolute Gasteiger partial charge is 0.312 e. The summed E-state index contributed by atoms with van der Waals surface area (Å²) in [4.78, 5) is 23.7. The fraction of sp³-hybridized carbons (Fsp3) is 0.238. The Hall–Kier alpha value is -3.68. The van der Waals surface area contributed by atoms with Crippen molar-refractivity contribution in [2.45, 2.75) is 27.3 Å². The van der Waals surface area contributed by atoms with E-state index in [9.17, 15) is 14.9 Å². The molecule has 1 N–H and O–H groups in total. The maximum absolute atomic E-state index is 12.9. The lowest BCUT2D eigenvalue weighted by atomic mass is 10.1. The summed E-state index contributed by atoms with van der Waals surface area (Å²) in [6, 6.07) is 12.6. The van der Waals surface area contributed by atoms with Crippen molar-refractivity contribution in [1.82, 2.24) is 9.78 Å². The van der Waals surface area contributed by atoms with Gasteiger partial charge in [0.25, 0.3) is 5.91 Å². The summed E-state index contributed by atoms with van der Waals surface area (Å²) in [5, 5.41) is 18.4. The average Bonchev–Trinajstić information content (AvgIpc) is 2.97. The van der Waals surface area contributed by atoms with Gasteiger partial charge in [0.15, 0.2) is 0 Å². The first-order chi connectivity index (χ1) is 13.8. The third kappa shape index (κ3) is 4.11. The van der Waals surface area contributed by atoms with E-state index in [1.807, 2.05) is 25.1 Å². The first-order valence-corrected chi connectivity index (χ1v) is 9.04. The fourth-order valence-electron chi connectivity index (χ4n) is 3.24. The number of ether oxygens (including phenoxy) is 1. The van der Waals surface area contributed by atoms with Crippen LogP contribution in [0.1, 0.15) is 32.9 Å². The van der Waals surface area contributed by atoms with E-state index in [4.69, 9.17) is 4.74 Å². The summed E-state index contributed by atoms with van der Waals surface area (Å²) >= 11 is 0. The van der Waals surface area contributed by atoms with Crippen LogP contribution in [0.5, 0.6) is 5.75 Å². The third-order valence-corrected chi connectivity index (χ3v) is 4.79. The van der Waals surface area contributed by atoms with Gasteiger partial charge in [0.2, 0.25) is 0 Å². The Labute approximate surface area is 168 Å². The first kappa shape index (κ1) is 20.1. The zero-order valence-electron chi connectivity index (χ0n) is 16.7. The van der Waals surface area contributed by atoms with Gasteiger partial charge in [-0.3, -0.25) is 19.6 Å². The number of aromatic nitrogens is 2. The van der Waals surface area contributed by atoms with E-state index in [0.717, 1.165) is 11.1 Å². The van der Waals surface area contributed by atoms with E-state index >= 15 is 0 Å². The molecule has 0 aliphatic carbocycles. The third-order valence-electron chi connectivity index (χ3n) is 4.79. The van der Waals surface area contributed by atoms with Crippen LogP contribution in [0.2, 0.25) is 0 Å². The minimum Gasteiger partial charge on any atom is -0.497 e. The number of carbonyl (C=O) groups is 1. The first-order valence-electron chi connectivity index (χ1n) is 9.04.